The monoisotopic (exact) mass is 241 g/mol. The summed E-state index contributed by atoms with van der Waals surface area (Å²) in [5.74, 6) is 0. The standard InChI is InChI=1S/C11H19N3O3/c15-10(12-9-5-2-1-3-6-9)13-7-4-8-14(13)11(16)17/h9H,1-8H2,(H,12,15)(H,16,17). The smallest absolute Gasteiger partial charge is 0.426 e. The molecule has 6 nitrogen and oxygen atoms in total. The molecule has 2 fully saturated rings. The zero-order chi connectivity index (χ0) is 12.3. The predicted octanol–water partition coefficient (Wildman–Crippen LogP) is 1.63. The molecule has 0 bridgehead atoms. The lowest BCUT2D eigenvalue weighted by Gasteiger charge is -2.29. The minimum absolute atomic E-state index is 0.215. The molecule has 2 rings (SSSR count). The first-order valence-electron chi connectivity index (χ1n) is 6.27. The van der Waals surface area contributed by atoms with Crippen molar-refractivity contribution in [2.75, 3.05) is 13.1 Å². The molecule has 17 heavy (non-hydrogen) atoms. The van der Waals surface area contributed by atoms with E-state index in [0.29, 0.717) is 19.5 Å². The Balaban J connectivity index is 1.88. The summed E-state index contributed by atoms with van der Waals surface area (Å²) in [5, 5.41) is 14.3. The molecule has 96 valence electrons. The highest BCUT2D eigenvalue weighted by Gasteiger charge is 2.31. The van der Waals surface area contributed by atoms with Crippen LogP contribution in [-0.2, 0) is 0 Å². The van der Waals surface area contributed by atoms with Gasteiger partial charge in [-0.2, -0.15) is 0 Å². The number of nitrogens with zero attached hydrogens (tertiary/aromatic N) is 2. The van der Waals surface area contributed by atoms with Gasteiger partial charge in [0.15, 0.2) is 0 Å². The number of hydrazine groups is 1. The van der Waals surface area contributed by atoms with Crippen molar-refractivity contribution >= 4 is 12.1 Å². The van der Waals surface area contributed by atoms with Gasteiger partial charge in [0.1, 0.15) is 0 Å². The van der Waals surface area contributed by atoms with Crippen molar-refractivity contribution in [2.24, 2.45) is 0 Å². The molecular weight excluding hydrogens is 222 g/mol. The van der Waals surface area contributed by atoms with Crippen LogP contribution >= 0.6 is 0 Å². The van der Waals surface area contributed by atoms with Gasteiger partial charge in [-0.15, -0.1) is 0 Å². The van der Waals surface area contributed by atoms with Gasteiger partial charge in [0.05, 0.1) is 0 Å². The molecule has 6 heteroatoms. The molecule has 0 aromatic heterocycles. The number of hydrogen-bond acceptors (Lipinski definition) is 2. The minimum Gasteiger partial charge on any atom is -0.464 e. The molecule has 2 N–H and O–H groups in total. The number of urea groups is 1. The Kier molecular flexibility index (Phi) is 3.71. The van der Waals surface area contributed by atoms with Crippen molar-refractivity contribution in [1.29, 1.82) is 0 Å². The number of rotatable bonds is 1. The second-order valence-electron chi connectivity index (χ2n) is 4.67. The maximum absolute atomic E-state index is 11.9. The van der Waals surface area contributed by atoms with Gasteiger partial charge in [-0.25, -0.2) is 19.6 Å². The van der Waals surface area contributed by atoms with Crippen LogP contribution in [0.1, 0.15) is 38.5 Å². The molecule has 0 spiro atoms. The molecule has 0 aromatic carbocycles. The number of hydrogen-bond donors (Lipinski definition) is 2. The summed E-state index contributed by atoms with van der Waals surface area (Å²) < 4.78 is 0. The Hall–Kier alpha value is -1.46. The van der Waals surface area contributed by atoms with E-state index in [1.54, 1.807) is 0 Å². The van der Waals surface area contributed by atoms with E-state index in [4.69, 9.17) is 5.11 Å². The minimum atomic E-state index is -1.05. The van der Waals surface area contributed by atoms with Gasteiger partial charge >= 0.3 is 12.1 Å². The van der Waals surface area contributed by atoms with Crippen LogP contribution in [0.5, 0.6) is 0 Å². The maximum atomic E-state index is 11.9. The normalized spacial score (nSPS) is 21.6. The number of nitrogens with one attached hydrogen (secondary N) is 1. The van der Waals surface area contributed by atoms with Gasteiger partial charge in [-0.3, -0.25) is 0 Å². The first kappa shape index (κ1) is 12.0. The zero-order valence-corrected chi connectivity index (χ0v) is 9.89. The molecule has 2 aliphatic rings. The molecule has 0 radical (unpaired) electrons. The van der Waals surface area contributed by atoms with Crippen molar-refractivity contribution in [3.8, 4) is 0 Å². The van der Waals surface area contributed by atoms with E-state index < -0.39 is 6.09 Å². The summed E-state index contributed by atoms with van der Waals surface area (Å²) >= 11 is 0. The lowest BCUT2D eigenvalue weighted by molar-refractivity contribution is 0.0557. The third kappa shape index (κ3) is 2.81. The molecule has 3 amide bonds. The van der Waals surface area contributed by atoms with Crippen molar-refractivity contribution in [3.05, 3.63) is 0 Å². The molecule has 1 aliphatic carbocycles. The Morgan fingerprint density at radius 2 is 1.65 bits per heavy atom. The van der Waals surface area contributed by atoms with Crippen LogP contribution in [0.3, 0.4) is 0 Å². The summed E-state index contributed by atoms with van der Waals surface area (Å²) in [7, 11) is 0. The third-order valence-corrected chi connectivity index (χ3v) is 3.42. The topological polar surface area (TPSA) is 72.9 Å². The summed E-state index contributed by atoms with van der Waals surface area (Å²) in [6.07, 6.45) is 5.20. The highest BCUT2D eigenvalue weighted by molar-refractivity contribution is 5.78. The predicted molar refractivity (Wildman–Crippen MR) is 61.5 cm³/mol. The molecule has 1 heterocycles. The Bertz CT molecular complexity index is 302. The average Bonchev–Trinajstić information content (AvgIpc) is 2.79. The van der Waals surface area contributed by atoms with E-state index in [2.05, 4.69) is 5.32 Å². The van der Waals surface area contributed by atoms with Crippen LogP contribution in [0.4, 0.5) is 9.59 Å². The summed E-state index contributed by atoms with van der Waals surface area (Å²) in [6, 6.07) is -0.0516. The second-order valence-corrected chi connectivity index (χ2v) is 4.67. The lowest BCUT2D eigenvalue weighted by atomic mass is 9.96. The number of amides is 3. The maximum Gasteiger partial charge on any atom is 0.426 e. The van der Waals surface area contributed by atoms with Crippen LogP contribution in [0.15, 0.2) is 0 Å². The Morgan fingerprint density at radius 3 is 2.29 bits per heavy atom. The van der Waals surface area contributed by atoms with E-state index in [0.717, 1.165) is 30.7 Å². The summed E-state index contributed by atoms with van der Waals surface area (Å²) in [6.45, 7) is 0.901. The third-order valence-electron chi connectivity index (χ3n) is 3.42. The fourth-order valence-electron chi connectivity index (χ4n) is 2.52. The van der Waals surface area contributed by atoms with Crippen molar-refractivity contribution in [3.63, 3.8) is 0 Å². The van der Waals surface area contributed by atoms with E-state index in [1.165, 1.54) is 11.4 Å². The van der Waals surface area contributed by atoms with Gasteiger partial charge in [0.2, 0.25) is 0 Å². The molecular formula is C11H19N3O3. The number of carbonyl (C=O) groups is 2. The largest absolute Gasteiger partial charge is 0.464 e. The number of carbonyl (C=O) groups excluding carboxylic acids is 1. The van der Waals surface area contributed by atoms with E-state index in [1.807, 2.05) is 0 Å². The fourth-order valence-corrected chi connectivity index (χ4v) is 2.52. The highest BCUT2D eigenvalue weighted by atomic mass is 16.4. The molecule has 1 saturated carbocycles. The summed E-state index contributed by atoms with van der Waals surface area (Å²) in [4.78, 5) is 22.9. The van der Waals surface area contributed by atoms with Crippen LogP contribution in [0, 0.1) is 0 Å². The molecule has 0 unspecified atom stereocenters. The van der Waals surface area contributed by atoms with Crippen molar-refractivity contribution in [1.82, 2.24) is 15.3 Å². The van der Waals surface area contributed by atoms with Gasteiger partial charge in [-0.05, 0) is 19.3 Å². The van der Waals surface area contributed by atoms with Crippen molar-refractivity contribution in [2.45, 2.75) is 44.6 Å². The van der Waals surface area contributed by atoms with E-state index in [-0.39, 0.29) is 12.1 Å². The molecule has 1 saturated heterocycles. The SMILES string of the molecule is O=C(O)N1CCCN1C(=O)NC1CCCCC1. The van der Waals surface area contributed by atoms with E-state index >= 15 is 0 Å². The Morgan fingerprint density at radius 1 is 1.00 bits per heavy atom. The zero-order valence-electron chi connectivity index (χ0n) is 9.89. The average molecular weight is 241 g/mol. The van der Waals surface area contributed by atoms with Crippen molar-refractivity contribution < 1.29 is 14.7 Å². The van der Waals surface area contributed by atoms with E-state index in [9.17, 15) is 9.59 Å². The highest BCUT2D eigenvalue weighted by Crippen LogP contribution is 2.18. The van der Waals surface area contributed by atoms with Gasteiger partial charge in [0.25, 0.3) is 0 Å². The second kappa shape index (κ2) is 5.25. The molecule has 0 aromatic rings. The first-order valence-corrected chi connectivity index (χ1v) is 6.27. The molecule has 0 atom stereocenters. The fraction of sp³-hybridized carbons (Fsp3) is 0.818. The van der Waals surface area contributed by atoms with Crippen LogP contribution in [0.2, 0.25) is 0 Å². The van der Waals surface area contributed by atoms with Gasteiger partial charge in [-0.1, -0.05) is 19.3 Å². The van der Waals surface area contributed by atoms with Gasteiger partial charge in [0, 0.05) is 19.1 Å². The number of carboxylic acid groups (broad SMARTS) is 1. The van der Waals surface area contributed by atoms with Gasteiger partial charge < -0.3 is 10.4 Å². The summed E-state index contributed by atoms with van der Waals surface area (Å²) in [5.41, 5.74) is 0. The first-order chi connectivity index (χ1) is 8.18. The Labute approximate surface area is 101 Å². The quantitative estimate of drug-likeness (QED) is 0.732. The lowest BCUT2D eigenvalue weighted by Crippen LogP contribution is -2.51. The van der Waals surface area contributed by atoms with Crippen LogP contribution < -0.4 is 5.32 Å². The van der Waals surface area contributed by atoms with Crippen LogP contribution in [0.25, 0.3) is 0 Å². The van der Waals surface area contributed by atoms with Crippen LogP contribution in [-0.4, -0.2) is 46.4 Å². The molecule has 1 aliphatic heterocycles.